The van der Waals surface area contributed by atoms with Crippen molar-refractivity contribution in [2.75, 3.05) is 84.3 Å². The standard InChI is InChI=1S/C48H67N9O5S/c1-8-56-40-11-10-32-22-35(40)37(43(56)36-23-34(26-49-42(36)31(2)61-7)55-20-18-53(5)19-21-55)25-46(3,4)29-62-30-47(28-58)14-9-16-57(52-47)44(59)38(24-41-50-39(32)27-63-41)51-45(60)48-15-12-33(48)13-17-54(48)6/h10-11,22-23,26,28,31,33,38-39,52H,8-9,12-21,24-25,27,29-30H2,1-7H3,(H,51,60)/t31-,33-,38-,39?,47-,48-/m0/s1. The largest absolute Gasteiger partial charge is 0.378 e. The van der Waals surface area contributed by atoms with Crippen molar-refractivity contribution < 1.29 is 23.9 Å². The van der Waals surface area contributed by atoms with Crippen LogP contribution in [0.25, 0.3) is 22.2 Å². The summed E-state index contributed by atoms with van der Waals surface area (Å²) in [5.74, 6) is 0.711. The van der Waals surface area contributed by atoms with Crippen molar-refractivity contribution in [1.82, 2.24) is 35.1 Å². The summed E-state index contributed by atoms with van der Waals surface area (Å²) >= 11 is 1.67. The van der Waals surface area contributed by atoms with Gasteiger partial charge in [-0.2, -0.15) is 0 Å². The molecule has 63 heavy (non-hydrogen) atoms. The molecule has 14 nitrogen and oxygen atoms in total. The molecule has 6 bridgehead atoms. The van der Waals surface area contributed by atoms with Gasteiger partial charge in [-0.3, -0.25) is 29.5 Å². The van der Waals surface area contributed by atoms with Gasteiger partial charge in [0.2, 0.25) is 5.91 Å². The number of hydrogen-bond donors (Lipinski definition) is 2. The summed E-state index contributed by atoms with van der Waals surface area (Å²) in [6.45, 7) is 15.2. The molecule has 1 unspecified atom stereocenters. The number of hydrogen-bond acceptors (Lipinski definition) is 12. The Labute approximate surface area is 376 Å². The topological polar surface area (TPSA) is 137 Å². The van der Waals surface area contributed by atoms with Crippen molar-refractivity contribution in [2.45, 2.75) is 108 Å². The monoisotopic (exact) mass is 881 g/mol. The summed E-state index contributed by atoms with van der Waals surface area (Å²) in [4.78, 5) is 59.5. The number of fused-ring (bicyclic) bond motifs is 6. The zero-order chi connectivity index (χ0) is 44.3. The Morgan fingerprint density at radius 2 is 1.90 bits per heavy atom. The molecular formula is C48H67N9O5S. The third kappa shape index (κ3) is 8.13. The Bertz CT molecular complexity index is 2260. The second kappa shape index (κ2) is 17.5. The zero-order valence-electron chi connectivity index (χ0n) is 38.4. The fourth-order valence-corrected chi connectivity index (χ4v) is 12.3. The van der Waals surface area contributed by atoms with E-state index < -0.39 is 17.1 Å². The Morgan fingerprint density at radius 3 is 2.62 bits per heavy atom. The number of nitrogens with one attached hydrogen (secondary N) is 2. The van der Waals surface area contributed by atoms with E-state index in [1.807, 2.05) is 13.2 Å². The second-order valence-electron chi connectivity index (χ2n) is 19.9. The molecule has 2 N–H and O–H groups in total. The number of hydrazine groups is 1. The summed E-state index contributed by atoms with van der Waals surface area (Å²) in [5, 5.41) is 6.85. The number of carbonyl (C=O) groups is 3. The number of amides is 2. The molecule has 1 aromatic carbocycles. The highest BCUT2D eigenvalue weighted by Crippen LogP contribution is 2.50. The Balaban J connectivity index is 1.15. The summed E-state index contributed by atoms with van der Waals surface area (Å²) in [5.41, 5.74) is 9.05. The third-order valence-electron chi connectivity index (χ3n) is 15.1. The average Bonchev–Trinajstić information content (AvgIpc) is 3.93. The number of likely N-dealkylation sites (N-methyl/N-ethyl adjacent to an activating group) is 2. The average molecular weight is 882 g/mol. The number of anilines is 1. The molecule has 6 aliphatic rings. The van der Waals surface area contributed by atoms with E-state index in [2.05, 4.69) is 89.0 Å². The van der Waals surface area contributed by atoms with Crippen LogP contribution in [0.5, 0.6) is 0 Å². The number of aliphatic imine (C=N–C) groups is 1. The van der Waals surface area contributed by atoms with E-state index in [9.17, 15) is 14.4 Å². The molecule has 2 amide bonds. The van der Waals surface area contributed by atoms with Crippen molar-refractivity contribution in [3.63, 3.8) is 0 Å². The molecule has 9 rings (SSSR count). The molecule has 0 radical (unpaired) electrons. The quantitative estimate of drug-likeness (QED) is 0.282. The number of benzene rings is 1. The number of likely N-dealkylation sites (tertiary alicyclic amines) is 1. The lowest BCUT2D eigenvalue weighted by molar-refractivity contribution is -0.150. The van der Waals surface area contributed by atoms with Crippen molar-refractivity contribution in [1.29, 1.82) is 0 Å². The number of ether oxygens (including phenoxy) is 2. The predicted molar refractivity (Wildman–Crippen MR) is 249 cm³/mol. The van der Waals surface area contributed by atoms with Gasteiger partial charge in [0.15, 0.2) is 0 Å². The first-order valence-corrected chi connectivity index (χ1v) is 24.2. The molecule has 2 aromatic heterocycles. The summed E-state index contributed by atoms with van der Waals surface area (Å²) < 4.78 is 15.0. The molecule has 7 heterocycles. The van der Waals surface area contributed by atoms with Crippen LogP contribution in [-0.4, -0.2) is 144 Å². The van der Waals surface area contributed by atoms with Gasteiger partial charge in [-0.05, 0) is 114 Å². The number of aryl methyl sites for hydroxylation is 1. The third-order valence-corrected chi connectivity index (χ3v) is 16.2. The summed E-state index contributed by atoms with van der Waals surface area (Å²) in [7, 11) is 5.95. The predicted octanol–water partition coefficient (Wildman–Crippen LogP) is 5.39. The van der Waals surface area contributed by atoms with E-state index in [0.29, 0.717) is 38.3 Å². The Hall–Kier alpha value is -3.86. The van der Waals surface area contributed by atoms with Gasteiger partial charge in [0.25, 0.3) is 5.91 Å². The van der Waals surface area contributed by atoms with Crippen LogP contribution in [0.3, 0.4) is 0 Å². The first kappa shape index (κ1) is 44.3. The Kier molecular flexibility index (Phi) is 12.3. The fourth-order valence-electron chi connectivity index (χ4n) is 11.2. The van der Waals surface area contributed by atoms with Gasteiger partial charge in [0.1, 0.15) is 23.4 Å². The van der Waals surface area contributed by atoms with Gasteiger partial charge in [-0.1, -0.05) is 19.9 Å². The zero-order valence-corrected chi connectivity index (χ0v) is 39.2. The molecule has 6 atom stereocenters. The van der Waals surface area contributed by atoms with Crippen LogP contribution >= 0.6 is 11.8 Å². The molecule has 15 heteroatoms. The van der Waals surface area contributed by atoms with E-state index in [4.69, 9.17) is 19.5 Å². The molecule has 3 aromatic rings. The molecule has 1 saturated carbocycles. The number of thioether (sulfide) groups is 1. The van der Waals surface area contributed by atoms with E-state index in [0.717, 1.165) is 109 Å². The van der Waals surface area contributed by atoms with Gasteiger partial charge >= 0.3 is 0 Å². The van der Waals surface area contributed by atoms with E-state index in [1.54, 1.807) is 23.9 Å². The van der Waals surface area contributed by atoms with E-state index in [1.165, 1.54) is 10.9 Å². The van der Waals surface area contributed by atoms with E-state index >= 15 is 0 Å². The highest BCUT2D eigenvalue weighted by Gasteiger charge is 2.59. The first-order valence-electron chi connectivity index (χ1n) is 23.2. The number of aldehydes is 1. The number of aromatic nitrogens is 2. The lowest BCUT2D eigenvalue weighted by Gasteiger charge is -2.48. The van der Waals surface area contributed by atoms with Crippen molar-refractivity contribution in [3.05, 3.63) is 47.3 Å². The Morgan fingerprint density at radius 1 is 1.10 bits per heavy atom. The lowest BCUT2D eigenvalue weighted by atomic mass is 9.66. The smallest absolute Gasteiger partial charge is 0.259 e. The van der Waals surface area contributed by atoms with Crippen molar-refractivity contribution in [2.24, 2.45) is 16.3 Å². The highest BCUT2D eigenvalue weighted by atomic mass is 32.2. The number of carbonyl (C=O) groups excluding carboxylic acids is 3. The van der Waals surface area contributed by atoms with Gasteiger partial charge in [-0.25, -0.2) is 5.43 Å². The maximum absolute atomic E-state index is 14.6. The lowest BCUT2D eigenvalue weighted by Crippen LogP contribution is -2.68. The van der Waals surface area contributed by atoms with Crippen LogP contribution in [0.1, 0.15) is 95.2 Å². The summed E-state index contributed by atoms with van der Waals surface area (Å²) in [6.07, 6.45) is 7.64. The number of nitrogens with zero attached hydrogens (tertiary/aromatic N) is 7. The van der Waals surface area contributed by atoms with Gasteiger partial charge in [0.05, 0.1) is 53.7 Å². The van der Waals surface area contributed by atoms with Crippen LogP contribution in [0.4, 0.5) is 5.69 Å². The minimum atomic E-state index is -1.09. The molecule has 340 valence electrons. The van der Waals surface area contributed by atoms with E-state index in [-0.39, 0.29) is 42.4 Å². The van der Waals surface area contributed by atoms with Crippen molar-refractivity contribution >= 4 is 51.5 Å². The molecule has 1 aliphatic carbocycles. The maximum atomic E-state index is 14.6. The summed E-state index contributed by atoms with van der Waals surface area (Å²) in [6, 6.07) is 8.19. The number of rotatable bonds is 8. The van der Waals surface area contributed by atoms with Gasteiger partial charge in [0, 0.05) is 75.0 Å². The molecular weight excluding hydrogens is 815 g/mol. The second-order valence-corrected chi connectivity index (χ2v) is 21.0. The van der Waals surface area contributed by atoms with Crippen LogP contribution in [0.15, 0.2) is 35.5 Å². The molecule has 4 fully saturated rings. The van der Waals surface area contributed by atoms with Crippen molar-refractivity contribution in [3.8, 4) is 11.3 Å². The van der Waals surface area contributed by atoms with Crippen LogP contribution in [-0.2, 0) is 36.8 Å². The van der Waals surface area contributed by atoms with Gasteiger partial charge in [-0.15, -0.1) is 11.8 Å². The SMILES string of the molecule is CCn1c(-c2cc(N3CCN(C)CC3)cnc2[C@H](C)OC)c2c3cc(ccc31)C1CSC(=N1)C[C@H](NC(=O)[C@]13CC[C@H]1CCN3C)C(=O)N1CCC[C@](C=O)(COCC(C)(C)C2)N1. The highest BCUT2D eigenvalue weighted by molar-refractivity contribution is 8.14. The van der Waals surface area contributed by atoms with Crippen LogP contribution in [0, 0.1) is 11.3 Å². The molecule has 3 saturated heterocycles. The first-order chi connectivity index (χ1) is 30.3. The molecule has 5 aliphatic heterocycles. The minimum absolute atomic E-state index is 0.0786. The number of pyridine rings is 1. The number of piperazine rings is 1. The fraction of sp³-hybridized carbons (Fsp3) is 0.646. The minimum Gasteiger partial charge on any atom is -0.378 e. The van der Waals surface area contributed by atoms with Crippen LogP contribution < -0.4 is 15.6 Å². The number of methoxy groups -OCH3 is 1. The molecule has 0 spiro atoms. The maximum Gasteiger partial charge on any atom is 0.259 e. The normalized spacial score (nSPS) is 29.8. The van der Waals surface area contributed by atoms with Crippen LogP contribution in [0.2, 0.25) is 0 Å². The van der Waals surface area contributed by atoms with Gasteiger partial charge < -0.3 is 34.0 Å².